The number of nitrogens with one attached hydrogen (secondary N) is 1. The van der Waals surface area contributed by atoms with Crippen LogP contribution in [0.25, 0.3) is 16.6 Å². The van der Waals surface area contributed by atoms with Crippen molar-refractivity contribution in [1.82, 2.24) is 25.2 Å². The molecule has 7 nitrogen and oxygen atoms in total. The molecule has 4 rings (SSSR count). The Morgan fingerprint density at radius 1 is 1.23 bits per heavy atom. The van der Waals surface area contributed by atoms with Crippen molar-refractivity contribution in [3.63, 3.8) is 0 Å². The topological polar surface area (TPSA) is 85.8 Å². The fourth-order valence-electron chi connectivity index (χ4n) is 3.14. The molecule has 0 bridgehead atoms. The van der Waals surface area contributed by atoms with Crippen molar-refractivity contribution < 1.29 is 9.32 Å². The Hall–Kier alpha value is -3.52. The molecule has 4 aromatic rings. The molecule has 0 aliphatic heterocycles. The Labute approximate surface area is 184 Å². The van der Waals surface area contributed by atoms with Crippen LogP contribution in [0.4, 0.5) is 0 Å². The summed E-state index contributed by atoms with van der Waals surface area (Å²) in [6, 6.07) is 14.2. The molecule has 0 aliphatic rings. The highest BCUT2D eigenvalue weighted by molar-refractivity contribution is 7.13. The highest BCUT2D eigenvalue weighted by Crippen LogP contribution is 2.28. The van der Waals surface area contributed by atoms with Crippen LogP contribution >= 0.6 is 11.3 Å². The molecule has 0 aliphatic carbocycles. The fourth-order valence-corrected chi connectivity index (χ4v) is 3.87. The first-order chi connectivity index (χ1) is 14.9. The molecule has 3 aromatic heterocycles. The van der Waals surface area contributed by atoms with Crippen molar-refractivity contribution in [3.8, 4) is 10.6 Å². The number of nitrogens with zero attached hydrogens (tertiary/aromatic N) is 4. The van der Waals surface area contributed by atoms with E-state index in [1.165, 1.54) is 6.08 Å². The third-order valence-electron chi connectivity index (χ3n) is 4.67. The van der Waals surface area contributed by atoms with E-state index in [1.807, 2.05) is 60.4 Å². The van der Waals surface area contributed by atoms with Gasteiger partial charge in [-0.15, -0.1) is 11.3 Å². The lowest BCUT2D eigenvalue weighted by Gasteiger charge is -2.21. The summed E-state index contributed by atoms with van der Waals surface area (Å²) in [5.74, 6) is 0.640. The number of hydrogen-bond acceptors (Lipinski definition) is 6. The molecule has 0 spiro atoms. The first kappa shape index (κ1) is 20.7. The summed E-state index contributed by atoms with van der Waals surface area (Å²) >= 11 is 1.62. The number of aryl methyl sites for hydroxylation is 1. The van der Waals surface area contributed by atoms with Crippen molar-refractivity contribution >= 4 is 23.3 Å². The van der Waals surface area contributed by atoms with Crippen molar-refractivity contribution in [2.45, 2.75) is 32.9 Å². The van der Waals surface area contributed by atoms with Crippen molar-refractivity contribution in [3.05, 3.63) is 83.0 Å². The molecule has 1 amide bonds. The minimum Gasteiger partial charge on any atom is -0.340 e. The number of benzene rings is 1. The molecule has 8 heteroatoms. The van der Waals surface area contributed by atoms with Crippen molar-refractivity contribution in [1.29, 1.82) is 0 Å². The predicted molar refractivity (Wildman–Crippen MR) is 120 cm³/mol. The second-order valence-corrected chi connectivity index (χ2v) is 8.63. The van der Waals surface area contributed by atoms with E-state index in [0.717, 1.165) is 21.7 Å². The predicted octanol–water partition coefficient (Wildman–Crippen LogP) is 4.42. The van der Waals surface area contributed by atoms with E-state index in [-0.39, 0.29) is 5.91 Å². The largest absolute Gasteiger partial charge is 0.340 e. The molecule has 1 N–H and O–H groups in total. The number of amides is 1. The number of carbonyl (C=O) groups is 1. The highest BCUT2D eigenvalue weighted by Gasteiger charge is 2.27. The summed E-state index contributed by atoms with van der Waals surface area (Å²) in [6.07, 6.45) is 5.26. The van der Waals surface area contributed by atoms with Crippen molar-refractivity contribution in [2.24, 2.45) is 0 Å². The molecule has 0 fully saturated rings. The minimum atomic E-state index is -0.757. The van der Waals surface area contributed by atoms with Gasteiger partial charge >= 0.3 is 0 Å². The molecule has 0 saturated heterocycles. The van der Waals surface area contributed by atoms with Crippen LogP contribution in [0.5, 0.6) is 0 Å². The Kier molecular flexibility index (Phi) is 5.81. The first-order valence-corrected chi connectivity index (χ1v) is 10.7. The molecular weight excluding hydrogens is 410 g/mol. The second-order valence-electron chi connectivity index (χ2n) is 7.68. The van der Waals surface area contributed by atoms with Gasteiger partial charge in [0, 0.05) is 24.8 Å². The number of carbonyl (C=O) groups excluding carboxylic acids is 1. The lowest BCUT2D eigenvalue weighted by Crippen LogP contribution is -2.41. The summed E-state index contributed by atoms with van der Waals surface area (Å²) in [5.41, 5.74) is 2.13. The van der Waals surface area contributed by atoms with Crippen LogP contribution in [-0.2, 0) is 16.9 Å². The molecule has 158 valence electrons. The zero-order valence-electron chi connectivity index (χ0n) is 17.6. The van der Waals surface area contributed by atoms with Crippen LogP contribution < -0.4 is 5.32 Å². The number of thiophene rings is 1. The summed E-state index contributed by atoms with van der Waals surface area (Å²) in [5, 5.41) is 13.6. The number of rotatable bonds is 7. The van der Waals surface area contributed by atoms with Gasteiger partial charge in [-0.05, 0) is 36.9 Å². The van der Waals surface area contributed by atoms with E-state index in [1.54, 1.807) is 24.3 Å². The van der Waals surface area contributed by atoms with E-state index >= 15 is 0 Å². The minimum absolute atomic E-state index is 0.250. The van der Waals surface area contributed by atoms with Crippen LogP contribution in [0.2, 0.25) is 0 Å². The van der Waals surface area contributed by atoms with Crippen molar-refractivity contribution in [2.75, 3.05) is 0 Å². The van der Waals surface area contributed by atoms with Gasteiger partial charge in [-0.2, -0.15) is 10.1 Å². The normalized spacial score (nSPS) is 11.8. The van der Waals surface area contributed by atoms with Gasteiger partial charge in [0.25, 0.3) is 0 Å². The molecule has 0 saturated carbocycles. The smallest absolute Gasteiger partial charge is 0.244 e. The van der Waals surface area contributed by atoms with Crippen LogP contribution in [0, 0.1) is 6.92 Å². The molecule has 1 aromatic carbocycles. The molecule has 0 unspecified atom stereocenters. The molecule has 31 heavy (non-hydrogen) atoms. The third kappa shape index (κ3) is 4.97. The maximum atomic E-state index is 12.6. The lowest BCUT2D eigenvalue weighted by molar-refractivity contribution is -0.118. The van der Waals surface area contributed by atoms with Crippen LogP contribution in [0.3, 0.4) is 0 Å². The Morgan fingerprint density at radius 2 is 2.03 bits per heavy atom. The van der Waals surface area contributed by atoms with E-state index in [4.69, 9.17) is 9.62 Å². The quantitative estimate of drug-likeness (QED) is 0.436. The van der Waals surface area contributed by atoms with Gasteiger partial charge in [-0.1, -0.05) is 41.6 Å². The SMILES string of the molecule is Cc1nc(C(C)(C)NC(=O)/C=C/c2cn(Cc3ccccc3)nc2-c2cccs2)no1. The van der Waals surface area contributed by atoms with E-state index in [2.05, 4.69) is 27.6 Å². The summed E-state index contributed by atoms with van der Waals surface area (Å²) in [6.45, 7) is 6.03. The molecule has 0 atom stereocenters. The Morgan fingerprint density at radius 3 is 2.71 bits per heavy atom. The number of aromatic nitrogens is 4. The molecule has 3 heterocycles. The average molecular weight is 434 g/mol. The molecular formula is C23H23N5O2S. The van der Waals surface area contributed by atoms with Gasteiger partial charge in [0.1, 0.15) is 5.69 Å². The Balaban J connectivity index is 1.55. The zero-order chi connectivity index (χ0) is 21.8. The van der Waals surface area contributed by atoms with E-state index in [0.29, 0.717) is 18.3 Å². The molecule has 0 radical (unpaired) electrons. The summed E-state index contributed by atoms with van der Waals surface area (Å²) in [7, 11) is 0. The van der Waals surface area contributed by atoms with Gasteiger partial charge in [0.05, 0.1) is 17.0 Å². The highest BCUT2D eigenvalue weighted by atomic mass is 32.1. The Bertz CT molecular complexity index is 1190. The van der Waals surface area contributed by atoms with Crippen LogP contribution in [-0.4, -0.2) is 25.8 Å². The standard InChI is InChI=1S/C23H23N5O2S/c1-16-24-22(27-30-16)23(2,3)25-20(29)12-11-18-15-28(14-17-8-5-4-6-9-17)26-21(18)19-10-7-13-31-19/h4-13,15H,14H2,1-3H3,(H,25,29)/b12-11+. The van der Waals surface area contributed by atoms with Gasteiger partial charge in [0.15, 0.2) is 5.82 Å². The second kappa shape index (κ2) is 8.69. The van der Waals surface area contributed by atoms with Gasteiger partial charge in [-0.25, -0.2) is 0 Å². The van der Waals surface area contributed by atoms with Gasteiger partial charge < -0.3 is 9.84 Å². The third-order valence-corrected chi connectivity index (χ3v) is 5.55. The first-order valence-electron chi connectivity index (χ1n) is 9.87. The van der Waals surface area contributed by atoms with Crippen LogP contribution in [0.15, 0.2) is 64.6 Å². The maximum Gasteiger partial charge on any atom is 0.244 e. The van der Waals surface area contributed by atoms with Gasteiger partial charge in [-0.3, -0.25) is 9.48 Å². The summed E-state index contributed by atoms with van der Waals surface area (Å²) in [4.78, 5) is 17.9. The fraction of sp³-hybridized carbons (Fsp3) is 0.217. The van der Waals surface area contributed by atoms with Gasteiger partial charge in [0.2, 0.25) is 11.8 Å². The van der Waals surface area contributed by atoms with E-state index in [9.17, 15) is 4.79 Å². The average Bonchev–Trinajstić information content (AvgIpc) is 3.47. The lowest BCUT2D eigenvalue weighted by atomic mass is 10.0. The summed E-state index contributed by atoms with van der Waals surface area (Å²) < 4.78 is 6.93. The zero-order valence-corrected chi connectivity index (χ0v) is 18.4. The van der Waals surface area contributed by atoms with E-state index < -0.39 is 5.54 Å². The monoisotopic (exact) mass is 433 g/mol. The maximum absolute atomic E-state index is 12.6. The van der Waals surface area contributed by atoms with Crippen LogP contribution in [0.1, 0.15) is 36.7 Å². The number of hydrogen-bond donors (Lipinski definition) is 1.